The highest BCUT2D eigenvalue weighted by molar-refractivity contribution is 5.58. The van der Waals surface area contributed by atoms with Crippen LogP contribution in [-0.2, 0) is 4.79 Å². The molecule has 0 aliphatic rings. The smallest absolute Gasteiger partial charge is 0.139 e. The molecule has 3 atom stereocenters. The Bertz CT molecular complexity index is 119. The molecule has 0 spiro atoms. The number of aliphatic hydroxyl groups excluding tert-OH is 3. The SMILES string of the molecule is NC(C=O)C(O)C(O)CCO. The van der Waals surface area contributed by atoms with E-state index >= 15 is 0 Å². The maximum atomic E-state index is 10.00. The van der Waals surface area contributed by atoms with Crippen LogP contribution in [0.25, 0.3) is 0 Å². The van der Waals surface area contributed by atoms with Crippen LogP contribution >= 0.6 is 0 Å². The van der Waals surface area contributed by atoms with Crippen molar-refractivity contribution in [3.63, 3.8) is 0 Å². The van der Waals surface area contributed by atoms with Crippen molar-refractivity contribution in [1.29, 1.82) is 0 Å². The first-order valence-electron chi connectivity index (χ1n) is 3.31. The van der Waals surface area contributed by atoms with Gasteiger partial charge in [-0.25, -0.2) is 0 Å². The molecule has 0 aliphatic heterocycles. The predicted molar refractivity (Wildman–Crippen MR) is 37.8 cm³/mol. The van der Waals surface area contributed by atoms with Gasteiger partial charge in [0.2, 0.25) is 0 Å². The summed E-state index contributed by atoms with van der Waals surface area (Å²) in [6.45, 7) is -0.246. The highest BCUT2D eigenvalue weighted by Gasteiger charge is 2.21. The summed E-state index contributed by atoms with van der Waals surface area (Å²) in [5, 5.41) is 26.3. The minimum atomic E-state index is -1.29. The normalized spacial score (nSPS) is 18.9. The van der Waals surface area contributed by atoms with E-state index in [4.69, 9.17) is 21.1 Å². The summed E-state index contributed by atoms with van der Waals surface area (Å²) in [6.07, 6.45) is -2.06. The topological polar surface area (TPSA) is 104 Å². The second-order valence-corrected chi connectivity index (χ2v) is 2.28. The average Bonchev–Trinajstić information content (AvgIpc) is 2.02. The van der Waals surface area contributed by atoms with E-state index < -0.39 is 18.2 Å². The second kappa shape index (κ2) is 5.20. The first kappa shape index (κ1) is 10.5. The van der Waals surface area contributed by atoms with Crippen LogP contribution < -0.4 is 5.73 Å². The molecular formula is C6H13NO4. The largest absolute Gasteiger partial charge is 0.396 e. The van der Waals surface area contributed by atoms with Gasteiger partial charge in [0.1, 0.15) is 12.4 Å². The zero-order chi connectivity index (χ0) is 8.85. The van der Waals surface area contributed by atoms with Crippen molar-refractivity contribution in [3.05, 3.63) is 0 Å². The molecule has 3 unspecified atom stereocenters. The molecule has 0 fully saturated rings. The lowest BCUT2D eigenvalue weighted by atomic mass is 10.1. The monoisotopic (exact) mass is 163 g/mol. The van der Waals surface area contributed by atoms with Crippen LogP contribution in [0.5, 0.6) is 0 Å². The van der Waals surface area contributed by atoms with E-state index in [2.05, 4.69) is 0 Å². The predicted octanol–water partition coefficient (Wildman–Crippen LogP) is -2.38. The standard InChI is InChI=1S/C6H13NO4/c7-4(3-9)6(11)5(10)1-2-8/h3-6,8,10-11H,1-2,7H2. The van der Waals surface area contributed by atoms with Gasteiger partial charge in [0.25, 0.3) is 0 Å². The van der Waals surface area contributed by atoms with Crippen LogP contribution in [0.3, 0.4) is 0 Å². The summed E-state index contributed by atoms with van der Waals surface area (Å²) < 4.78 is 0. The minimum Gasteiger partial charge on any atom is -0.396 e. The van der Waals surface area contributed by atoms with Crippen molar-refractivity contribution in [2.75, 3.05) is 6.61 Å². The zero-order valence-corrected chi connectivity index (χ0v) is 6.05. The van der Waals surface area contributed by atoms with Crippen molar-refractivity contribution in [1.82, 2.24) is 0 Å². The van der Waals surface area contributed by atoms with Crippen molar-refractivity contribution < 1.29 is 20.1 Å². The Labute approximate surface area is 64.4 Å². The molecule has 0 saturated carbocycles. The van der Waals surface area contributed by atoms with Crippen molar-refractivity contribution >= 4 is 6.29 Å². The molecule has 0 rings (SSSR count). The number of aliphatic hydroxyl groups is 3. The zero-order valence-electron chi connectivity index (χ0n) is 6.05. The van der Waals surface area contributed by atoms with E-state index in [0.717, 1.165) is 0 Å². The maximum absolute atomic E-state index is 10.00. The van der Waals surface area contributed by atoms with Crippen molar-refractivity contribution in [2.45, 2.75) is 24.7 Å². The van der Waals surface area contributed by atoms with Gasteiger partial charge in [-0.05, 0) is 6.42 Å². The Kier molecular flexibility index (Phi) is 4.97. The maximum Gasteiger partial charge on any atom is 0.139 e. The van der Waals surface area contributed by atoms with Gasteiger partial charge in [-0.2, -0.15) is 0 Å². The van der Waals surface area contributed by atoms with Crippen LogP contribution in [0.2, 0.25) is 0 Å². The molecule has 0 radical (unpaired) electrons. The number of aldehydes is 1. The highest BCUT2D eigenvalue weighted by Crippen LogP contribution is 2.00. The molecular weight excluding hydrogens is 150 g/mol. The highest BCUT2D eigenvalue weighted by atomic mass is 16.3. The van der Waals surface area contributed by atoms with E-state index in [1.54, 1.807) is 0 Å². The average molecular weight is 163 g/mol. The summed E-state index contributed by atoms with van der Waals surface area (Å²) in [4.78, 5) is 10.00. The Balaban J connectivity index is 3.79. The Morgan fingerprint density at radius 2 is 2.00 bits per heavy atom. The Hall–Kier alpha value is -0.490. The van der Waals surface area contributed by atoms with Gasteiger partial charge >= 0.3 is 0 Å². The number of rotatable bonds is 5. The van der Waals surface area contributed by atoms with Crippen LogP contribution in [0, 0.1) is 0 Å². The first-order valence-corrected chi connectivity index (χ1v) is 3.31. The van der Waals surface area contributed by atoms with E-state index in [1.807, 2.05) is 0 Å². The third-order valence-electron chi connectivity index (χ3n) is 1.37. The second-order valence-electron chi connectivity index (χ2n) is 2.28. The van der Waals surface area contributed by atoms with Gasteiger partial charge in [0.05, 0.1) is 12.1 Å². The quantitative estimate of drug-likeness (QED) is 0.339. The Morgan fingerprint density at radius 3 is 2.36 bits per heavy atom. The molecule has 0 aromatic carbocycles. The van der Waals surface area contributed by atoms with E-state index in [-0.39, 0.29) is 13.0 Å². The van der Waals surface area contributed by atoms with Gasteiger partial charge in [0, 0.05) is 6.61 Å². The fourth-order valence-electron chi connectivity index (χ4n) is 0.640. The number of nitrogens with two attached hydrogens (primary N) is 1. The lowest BCUT2D eigenvalue weighted by molar-refractivity contribution is -0.113. The van der Waals surface area contributed by atoms with E-state index in [9.17, 15) is 4.79 Å². The van der Waals surface area contributed by atoms with Crippen LogP contribution in [-0.4, -0.2) is 46.5 Å². The molecule has 0 heterocycles. The third-order valence-corrected chi connectivity index (χ3v) is 1.37. The van der Waals surface area contributed by atoms with E-state index in [0.29, 0.717) is 6.29 Å². The Morgan fingerprint density at radius 1 is 1.45 bits per heavy atom. The van der Waals surface area contributed by atoms with Crippen LogP contribution in [0.1, 0.15) is 6.42 Å². The fraction of sp³-hybridized carbons (Fsp3) is 0.833. The molecule has 5 N–H and O–H groups in total. The number of hydrogen-bond donors (Lipinski definition) is 4. The number of hydrogen-bond acceptors (Lipinski definition) is 5. The molecule has 0 aliphatic carbocycles. The summed E-state index contributed by atoms with van der Waals surface area (Å²) in [7, 11) is 0. The van der Waals surface area contributed by atoms with Gasteiger partial charge in [-0.15, -0.1) is 0 Å². The van der Waals surface area contributed by atoms with Gasteiger partial charge < -0.3 is 25.8 Å². The van der Waals surface area contributed by atoms with Crippen molar-refractivity contribution in [2.24, 2.45) is 5.73 Å². The summed E-state index contributed by atoms with van der Waals surface area (Å²) in [5.74, 6) is 0. The molecule has 66 valence electrons. The molecule has 0 aromatic heterocycles. The molecule has 5 heteroatoms. The van der Waals surface area contributed by atoms with E-state index in [1.165, 1.54) is 0 Å². The number of carbonyl (C=O) groups is 1. The molecule has 0 saturated heterocycles. The molecule has 0 aromatic rings. The lowest BCUT2D eigenvalue weighted by Gasteiger charge is -2.18. The lowest BCUT2D eigenvalue weighted by Crippen LogP contribution is -2.44. The summed E-state index contributed by atoms with van der Waals surface area (Å²) in [6, 6.07) is -1.09. The molecule has 0 bridgehead atoms. The molecule has 11 heavy (non-hydrogen) atoms. The first-order chi connectivity index (χ1) is 5.13. The molecule has 0 amide bonds. The number of carbonyl (C=O) groups excluding carboxylic acids is 1. The van der Waals surface area contributed by atoms with Crippen LogP contribution in [0.4, 0.5) is 0 Å². The molecule has 5 nitrogen and oxygen atoms in total. The minimum absolute atomic E-state index is 0.0166. The van der Waals surface area contributed by atoms with Gasteiger partial charge in [0.15, 0.2) is 0 Å². The summed E-state index contributed by atoms with van der Waals surface area (Å²) in [5.41, 5.74) is 5.09. The van der Waals surface area contributed by atoms with Gasteiger partial charge in [-0.3, -0.25) is 0 Å². The summed E-state index contributed by atoms with van der Waals surface area (Å²) >= 11 is 0. The fourth-order valence-corrected chi connectivity index (χ4v) is 0.640. The van der Waals surface area contributed by atoms with Gasteiger partial charge in [-0.1, -0.05) is 0 Å². The van der Waals surface area contributed by atoms with Crippen molar-refractivity contribution in [3.8, 4) is 0 Å². The van der Waals surface area contributed by atoms with Crippen LogP contribution in [0.15, 0.2) is 0 Å². The third kappa shape index (κ3) is 3.43.